The summed E-state index contributed by atoms with van der Waals surface area (Å²) in [4.78, 5) is 0. The van der Waals surface area contributed by atoms with Gasteiger partial charge in [-0.15, -0.1) is 0 Å². The lowest BCUT2D eigenvalue weighted by Gasteiger charge is -2.08. The Hall–Kier alpha value is -16.6. The fourth-order valence-electron chi connectivity index (χ4n) is 18.8. The first kappa shape index (κ1) is 69.5. The summed E-state index contributed by atoms with van der Waals surface area (Å²) in [6, 6.07) is 146. The van der Waals surface area contributed by atoms with E-state index in [1.807, 2.05) is 24.3 Å². The molecule has 0 aliphatic rings. The molecular formula is C114H69N3O6. The number of benzene rings is 18. The highest BCUT2D eigenvalue weighted by Crippen LogP contribution is 2.48. The molecule has 0 bridgehead atoms. The van der Waals surface area contributed by atoms with Gasteiger partial charge in [0.2, 0.25) is 0 Å². The van der Waals surface area contributed by atoms with Crippen molar-refractivity contribution in [2.24, 2.45) is 0 Å². The number of furan rings is 6. The van der Waals surface area contributed by atoms with Crippen molar-refractivity contribution in [1.29, 1.82) is 0 Å². The normalized spacial score (nSPS) is 11.9. The molecular weight excluding hydrogens is 1510 g/mol. The minimum atomic E-state index is 0.870. The number of rotatable bonds is 9. The van der Waals surface area contributed by atoms with Crippen LogP contribution < -0.4 is 0 Å². The second kappa shape index (κ2) is 28.0. The van der Waals surface area contributed by atoms with Crippen LogP contribution in [0.3, 0.4) is 0 Å². The quantitative estimate of drug-likeness (QED) is 0.143. The van der Waals surface area contributed by atoms with Crippen molar-refractivity contribution in [3.8, 4) is 83.8 Å². The number of nitrogens with zero attached hydrogens (tertiary/aromatic N) is 3. The van der Waals surface area contributed by atoms with Gasteiger partial charge in [-0.05, 0) is 237 Å². The summed E-state index contributed by atoms with van der Waals surface area (Å²) >= 11 is 0. The summed E-state index contributed by atoms with van der Waals surface area (Å²) in [5.41, 5.74) is 34.3. The first-order valence-corrected chi connectivity index (χ1v) is 41.6. The summed E-state index contributed by atoms with van der Waals surface area (Å²) in [6.45, 7) is 0. The Morgan fingerprint density at radius 3 is 0.797 bits per heavy atom. The van der Waals surface area contributed by atoms with Crippen LogP contribution in [0.5, 0.6) is 0 Å². The zero-order valence-corrected chi connectivity index (χ0v) is 66.1. The molecule has 27 aromatic rings. The third kappa shape index (κ3) is 11.4. The second-order valence-corrected chi connectivity index (χ2v) is 31.7. The van der Waals surface area contributed by atoms with Crippen LogP contribution in [0.15, 0.2) is 445 Å². The van der Waals surface area contributed by atoms with Gasteiger partial charge in [-0.2, -0.15) is 0 Å². The molecule has 9 heteroatoms. The summed E-state index contributed by atoms with van der Waals surface area (Å²) in [5.74, 6) is 0. The van der Waals surface area contributed by atoms with Crippen molar-refractivity contribution in [3.63, 3.8) is 0 Å². The number of para-hydroxylation sites is 7. The summed E-state index contributed by atoms with van der Waals surface area (Å²) in [6.07, 6.45) is 0. The molecule has 123 heavy (non-hydrogen) atoms. The molecule has 0 aliphatic carbocycles. The van der Waals surface area contributed by atoms with Gasteiger partial charge in [-0.25, -0.2) is 0 Å². The highest BCUT2D eigenvalue weighted by molar-refractivity contribution is 6.21. The van der Waals surface area contributed by atoms with Gasteiger partial charge >= 0.3 is 0 Å². The first-order chi connectivity index (χ1) is 61.0. The summed E-state index contributed by atoms with van der Waals surface area (Å²) in [5, 5.41) is 13.4. The maximum Gasteiger partial charge on any atom is 0.161 e. The first-order valence-electron chi connectivity index (χ1n) is 41.6. The van der Waals surface area contributed by atoms with Crippen LogP contribution in [0.1, 0.15) is 0 Å². The standard InChI is InChI=1S/3C38H23NO2/c1-3-10-24(11-4-1)25-18-20-29-30-21-19-26(23-35(30)40-34(29)22-25)28-15-9-16-32-36-38(41-37(28)32)31-14-7-8-17-33(31)39(36)27-12-5-2-6-13-27;1-3-9-24(10-4-1)26-15-18-29-30-19-16-27(23-36(30)40-35(29)22-26)25-17-20-34-32(21-25)37-38(41-34)31-13-7-8-14-33(31)39(37)28-11-5-2-6-12-28;1-3-9-24(10-4-1)25-15-18-29-30-19-16-26(22-35(30)40-34(29)21-25)27-17-20-32-36(23-27)41-38-31-13-7-8-14-33(31)39(37(32)38)28-11-5-2-6-12-28/h3*1-23H. The fourth-order valence-corrected chi connectivity index (χ4v) is 18.8. The van der Waals surface area contributed by atoms with Crippen LogP contribution in [0, 0.1) is 0 Å². The number of aromatic nitrogens is 3. The summed E-state index contributed by atoms with van der Waals surface area (Å²) < 4.78 is 46.0. The Morgan fingerprint density at radius 2 is 0.407 bits per heavy atom. The lowest BCUT2D eigenvalue weighted by molar-refractivity contribution is 0.668. The van der Waals surface area contributed by atoms with E-state index in [9.17, 15) is 0 Å². The van der Waals surface area contributed by atoms with Gasteiger partial charge < -0.3 is 40.2 Å². The fraction of sp³-hybridized carbons (Fsp3) is 0. The summed E-state index contributed by atoms with van der Waals surface area (Å²) in [7, 11) is 0. The zero-order valence-electron chi connectivity index (χ0n) is 66.1. The molecule has 0 atom stereocenters. The molecule has 0 saturated heterocycles. The lowest BCUT2D eigenvalue weighted by atomic mass is 10.0. The van der Waals surface area contributed by atoms with Crippen molar-refractivity contribution in [1.82, 2.24) is 13.7 Å². The molecule has 0 spiro atoms. The second-order valence-electron chi connectivity index (χ2n) is 31.7. The molecule has 9 heterocycles. The molecule has 0 fully saturated rings. The average molecular weight is 1580 g/mol. The number of hydrogen-bond donors (Lipinski definition) is 0. The van der Waals surface area contributed by atoms with Gasteiger partial charge in [0.05, 0.1) is 16.6 Å². The van der Waals surface area contributed by atoms with E-state index in [1.54, 1.807) is 0 Å². The van der Waals surface area contributed by atoms with E-state index >= 15 is 0 Å². The molecule has 0 radical (unpaired) electrons. The van der Waals surface area contributed by atoms with Crippen LogP contribution >= 0.6 is 0 Å². The molecule has 9 nitrogen and oxygen atoms in total. The van der Waals surface area contributed by atoms with E-state index < -0.39 is 0 Å². The third-order valence-corrected chi connectivity index (χ3v) is 24.6. The highest BCUT2D eigenvalue weighted by Gasteiger charge is 2.26. The van der Waals surface area contributed by atoms with Gasteiger partial charge in [0, 0.05) is 87.3 Å². The van der Waals surface area contributed by atoms with Crippen molar-refractivity contribution in [3.05, 3.63) is 419 Å². The molecule has 18 aromatic carbocycles. The predicted octanol–water partition coefficient (Wildman–Crippen LogP) is 32.3. The molecule has 0 unspecified atom stereocenters. The van der Waals surface area contributed by atoms with Crippen LogP contribution in [0.4, 0.5) is 0 Å². The van der Waals surface area contributed by atoms with Crippen molar-refractivity contribution >= 4 is 165 Å². The van der Waals surface area contributed by atoms with Crippen LogP contribution in [0.2, 0.25) is 0 Å². The van der Waals surface area contributed by atoms with Gasteiger partial charge in [0.15, 0.2) is 16.7 Å². The molecule has 27 rings (SSSR count). The Labute approximate surface area is 702 Å². The van der Waals surface area contributed by atoms with Crippen molar-refractivity contribution in [2.45, 2.75) is 0 Å². The molecule has 576 valence electrons. The Morgan fingerprint density at radius 1 is 0.138 bits per heavy atom. The molecule has 9 aromatic heterocycles. The van der Waals surface area contributed by atoms with Crippen LogP contribution in [-0.2, 0) is 0 Å². The van der Waals surface area contributed by atoms with E-state index in [2.05, 4.69) is 408 Å². The topological polar surface area (TPSA) is 93.6 Å². The van der Waals surface area contributed by atoms with E-state index in [-0.39, 0.29) is 0 Å². The van der Waals surface area contributed by atoms with Crippen LogP contribution in [-0.4, -0.2) is 13.7 Å². The maximum atomic E-state index is 6.74. The average Bonchev–Trinajstić information content (AvgIpc) is 1.57. The molecule has 0 aliphatic heterocycles. The van der Waals surface area contributed by atoms with E-state index in [0.717, 1.165) is 232 Å². The van der Waals surface area contributed by atoms with Crippen molar-refractivity contribution in [2.75, 3.05) is 0 Å². The Balaban J connectivity index is 0.000000101. The third-order valence-electron chi connectivity index (χ3n) is 24.6. The minimum absolute atomic E-state index is 0.870. The van der Waals surface area contributed by atoms with Crippen molar-refractivity contribution < 1.29 is 26.5 Å². The van der Waals surface area contributed by atoms with Gasteiger partial charge in [-0.1, -0.05) is 243 Å². The van der Waals surface area contributed by atoms with Crippen LogP contribution in [0.25, 0.3) is 249 Å². The highest BCUT2D eigenvalue weighted by atomic mass is 16.4. The zero-order chi connectivity index (χ0) is 80.7. The van der Waals surface area contributed by atoms with Gasteiger partial charge in [-0.3, -0.25) is 0 Å². The monoisotopic (exact) mass is 1580 g/mol. The molecule has 0 saturated carbocycles. The maximum absolute atomic E-state index is 6.74. The SMILES string of the molecule is c1ccc(-c2ccc3c(c2)oc2cc(-c4ccc5c(c4)oc4c6ccccc6n(-c6ccccc6)c54)ccc23)cc1.c1ccc(-c2ccc3c(c2)oc2cc(-c4ccc5oc6c7ccccc7n(-c7ccccc7)c6c5c4)ccc23)cc1.c1ccc(-c2ccc3c(c2)oc2cc(-c4cccc5c4oc4c6ccccc6n(-c6ccccc6)c54)ccc23)cc1. The lowest BCUT2D eigenvalue weighted by Crippen LogP contribution is -1.92. The Bertz CT molecular complexity index is 8780. The van der Waals surface area contributed by atoms with E-state index in [0.29, 0.717) is 0 Å². The molecule has 0 amide bonds. The minimum Gasteiger partial charge on any atom is -0.456 e. The van der Waals surface area contributed by atoms with E-state index in [4.69, 9.17) is 26.5 Å². The molecule has 0 N–H and O–H groups in total. The van der Waals surface area contributed by atoms with Gasteiger partial charge in [0.1, 0.15) is 66.8 Å². The smallest absolute Gasteiger partial charge is 0.161 e. The predicted molar refractivity (Wildman–Crippen MR) is 506 cm³/mol. The number of fused-ring (bicyclic) bond motifs is 24. The van der Waals surface area contributed by atoms with Gasteiger partial charge in [0.25, 0.3) is 0 Å². The Kier molecular flexibility index (Phi) is 15.8. The largest absolute Gasteiger partial charge is 0.456 e. The number of hydrogen-bond acceptors (Lipinski definition) is 6. The van der Waals surface area contributed by atoms with E-state index in [1.165, 1.54) is 16.7 Å².